The first-order valence-corrected chi connectivity index (χ1v) is 12.0. The summed E-state index contributed by atoms with van der Waals surface area (Å²) in [4.78, 5) is 58.4. The SMILES string of the molecule is CCCn1c(=O)[nH]c(=O)c2c(C(=O)NC(CC(=O)OC(C)C)c3ccccc3)cc(C3CC3)nc21. The maximum atomic E-state index is 13.6. The van der Waals surface area contributed by atoms with Crippen LogP contribution in [0.4, 0.5) is 0 Å². The van der Waals surface area contributed by atoms with Crippen LogP contribution in [-0.2, 0) is 16.1 Å². The fraction of sp³-hybridized carbons (Fsp3) is 0.423. The van der Waals surface area contributed by atoms with Crippen LogP contribution in [0.15, 0.2) is 46.0 Å². The molecule has 2 heterocycles. The Bertz CT molecular complexity index is 1360. The fourth-order valence-electron chi connectivity index (χ4n) is 4.14. The van der Waals surface area contributed by atoms with Crippen LogP contribution in [0.3, 0.4) is 0 Å². The van der Waals surface area contributed by atoms with Crippen molar-refractivity contribution in [1.82, 2.24) is 19.9 Å². The van der Waals surface area contributed by atoms with Crippen molar-refractivity contribution in [1.29, 1.82) is 0 Å². The minimum Gasteiger partial charge on any atom is -0.463 e. The van der Waals surface area contributed by atoms with Gasteiger partial charge in [-0.05, 0) is 44.7 Å². The highest BCUT2D eigenvalue weighted by molar-refractivity contribution is 6.05. The molecular formula is C26H30N4O5. The lowest BCUT2D eigenvalue weighted by atomic mass is 10.0. The van der Waals surface area contributed by atoms with Gasteiger partial charge in [-0.2, -0.15) is 0 Å². The molecule has 1 atom stereocenters. The van der Waals surface area contributed by atoms with Crippen LogP contribution in [-0.4, -0.2) is 32.5 Å². The molecule has 1 amide bonds. The van der Waals surface area contributed by atoms with Gasteiger partial charge in [-0.1, -0.05) is 37.3 Å². The number of hydrogen-bond acceptors (Lipinski definition) is 6. The Morgan fingerprint density at radius 2 is 1.91 bits per heavy atom. The number of aromatic amines is 1. The van der Waals surface area contributed by atoms with Crippen LogP contribution in [0.2, 0.25) is 0 Å². The molecule has 0 bridgehead atoms. The van der Waals surface area contributed by atoms with E-state index in [4.69, 9.17) is 4.74 Å². The number of aryl methyl sites for hydroxylation is 1. The van der Waals surface area contributed by atoms with Crippen molar-refractivity contribution >= 4 is 22.9 Å². The van der Waals surface area contributed by atoms with Gasteiger partial charge >= 0.3 is 11.7 Å². The van der Waals surface area contributed by atoms with E-state index in [0.717, 1.165) is 18.4 Å². The summed E-state index contributed by atoms with van der Waals surface area (Å²) in [7, 11) is 0. The van der Waals surface area contributed by atoms with E-state index >= 15 is 0 Å². The number of amides is 1. The minimum atomic E-state index is -0.664. The van der Waals surface area contributed by atoms with Gasteiger partial charge in [-0.3, -0.25) is 23.9 Å². The number of fused-ring (bicyclic) bond motifs is 1. The summed E-state index contributed by atoms with van der Waals surface area (Å²) in [6.07, 6.45) is 2.19. The standard InChI is InChI=1S/C26H30N4O5/c1-4-12-30-23-22(25(33)29-26(30)34)18(13-19(27-23)17-10-11-17)24(32)28-20(14-21(31)35-15(2)3)16-8-6-5-7-9-16/h5-9,13,15,17,20H,4,10-12,14H2,1-3H3,(H,28,32)(H,29,33,34). The molecule has 1 unspecified atom stereocenters. The average Bonchev–Trinajstić information content (AvgIpc) is 3.66. The quantitative estimate of drug-likeness (QED) is 0.455. The van der Waals surface area contributed by atoms with E-state index in [1.54, 1.807) is 19.9 Å². The van der Waals surface area contributed by atoms with Crippen LogP contribution in [0.1, 0.15) is 80.0 Å². The first-order chi connectivity index (χ1) is 16.8. The predicted molar refractivity (Wildman–Crippen MR) is 131 cm³/mol. The molecule has 1 aliphatic carbocycles. The van der Waals surface area contributed by atoms with E-state index in [1.165, 1.54) is 4.57 Å². The van der Waals surface area contributed by atoms with Gasteiger partial charge in [0, 0.05) is 18.2 Å². The molecule has 0 spiro atoms. The van der Waals surface area contributed by atoms with E-state index in [9.17, 15) is 19.2 Å². The maximum Gasteiger partial charge on any atom is 0.329 e. The predicted octanol–water partition coefficient (Wildman–Crippen LogP) is 3.19. The summed E-state index contributed by atoms with van der Waals surface area (Å²) in [5.74, 6) is -0.763. The van der Waals surface area contributed by atoms with Gasteiger partial charge in [0.1, 0.15) is 0 Å². The summed E-state index contributed by atoms with van der Waals surface area (Å²) < 4.78 is 6.71. The smallest absolute Gasteiger partial charge is 0.329 e. The molecule has 1 fully saturated rings. The molecule has 4 rings (SSSR count). The van der Waals surface area contributed by atoms with Crippen molar-refractivity contribution in [3.05, 3.63) is 74.1 Å². The van der Waals surface area contributed by atoms with Crippen molar-refractivity contribution < 1.29 is 14.3 Å². The molecule has 184 valence electrons. The molecule has 35 heavy (non-hydrogen) atoms. The second-order valence-corrected chi connectivity index (χ2v) is 9.16. The summed E-state index contributed by atoms with van der Waals surface area (Å²) in [6, 6.07) is 10.1. The van der Waals surface area contributed by atoms with Crippen molar-refractivity contribution in [3.63, 3.8) is 0 Å². The molecule has 1 saturated carbocycles. The normalized spacial score (nSPS) is 14.2. The number of nitrogens with zero attached hydrogens (tertiary/aromatic N) is 2. The molecule has 0 aliphatic heterocycles. The molecule has 0 saturated heterocycles. The van der Waals surface area contributed by atoms with E-state index in [2.05, 4.69) is 15.3 Å². The third-order valence-electron chi connectivity index (χ3n) is 5.90. The minimum absolute atomic E-state index is 0.0661. The first-order valence-electron chi connectivity index (χ1n) is 12.0. The van der Waals surface area contributed by atoms with Crippen molar-refractivity contribution in [2.45, 2.75) is 71.1 Å². The Balaban J connectivity index is 1.78. The second-order valence-electron chi connectivity index (χ2n) is 9.16. The number of carbonyl (C=O) groups excluding carboxylic acids is 2. The lowest BCUT2D eigenvalue weighted by Crippen LogP contribution is -2.35. The number of hydrogen-bond donors (Lipinski definition) is 2. The molecule has 1 aromatic carbocycles. The molecule has 0 radical (unpaired) electrons. The van der Waals surface area contributed by atoms with Crippen LogP contribution in [0.5, 0.6) is 0 Å². The van der Waals surface area contributed by atoms with Crippen molar-refractivity contribution in [2.24, 2.45) is 0 Å². The topological polar surface area (TPSA) is 123 Å². The summed E-state index contributed by atoms with van der Waals surface area (Å²) in [6.45, 7) is 5.81. The Morgan fingerprint density at radius 3 is 2.54 bits per heavy atom. The average molecular weight is 479 g/mol. The number of nitrogens with one attached hydrogen (secondary N) is 2. The summed E-state index contributed by atoms with van der Waals surface area (Å²) >= 11 is 0. The van der Waals surface area contributed by atoms with Crippen LogP contribution in [0, 0.1) is 0 Å². The van der Waals surface area contributed by atoms with Crippen LogP contribution in [0.25, 0.3) is 11.0 Å². The van der Waals surface area contributed by atoms with E-state index in [1.807, 2.05) is 37.3 Å². The summed E-state index contributed by atoms with van der Waals surface area (Å²) in [5, 5.41) is 2.98. The van der Waals surface area contributed by atoms with E-state index in [-0.39, 0.29) is 35.0 Å². The van der Waals surface area contributed by atoms with Gasteiger partial charge in [-0.15, -0.1) is 0 Å². The van der Waals surface area contributed by atoms with Gasteiger partial charge in [-0.25, -0.2) is 9.78 Å². The molecule has 3 aromatic rings. The number of carbonyl (C=O) groups is 2. The number of ether oxygens (including phenoxy) is 1. The third-order valence-corrected chi connectivity index (χ3v) is 5.90. The number of aromatic nitrogens is 3. The zero-order valence-electron chi connectivity index (χ0n) is 20.2. The fourth-order valence-corrected chi connectivity index (χ4v) is 4.14. The van der Waals surface area contributed by atoms with E-state index in [0.29, 0.717) is 18.7 Å². The lowest BCUT2D eigenvalue weighted by molar-refractivity contribution is -0.147. The third kappa shape index (κ3) is 5.50. The molecule has 9 nitrogen and oxygen atoms in total. The summed E-state index contributed by atoms with van der Waals surface area (Å²) in [5.41, 5.74) is 0.571. The van der Waals surface area contributed by atoms with Crippen LogP contribution < -0.4 is 16.6 Å². The molecule has 1 aliphatic rings. The van der Waals surface area contributed by atoms with E-state index < -0.39 is 29.2 Å². The first kappa shape index (κ1) is 24.4. The zero-order chi connectivity index (χ0) is 25.1. The lowest BCUT2D eigenvalue weighted by Gasteiger charge is -2.20. The molecule has 2 aromatic heterocycles. The van der Waals surface area contributed by atoms with Gasteiger partial charge in [0.25, 0.3) is 11.5 Å². The number of rotatable bonds is 9. The number of H-pyrrole nitrogens is 1. The Hall–Kier alpha value is -3.75. The Labute approximate surface area is 202 Å². The van der Waals surface area contributed by atoms with Gasteiger partial charge in [0.15, 0.2) is 5.65 Å². The van der Waals surface area contributed by atoms with Gasteiger partial charge in [0.05, 0.1) is 29.5 Å². The van der Waals surface area contributed by atoms with Crippen molar-refractivity contribution in [3.8, 4) is 0 Å². The number of benzene rings is 1. The maximum absolute atomic E-state index is 13.6. The van der Waals surface area contributed by atoms with Crippen molar-refractivity contribution in [2.75, 3.05) is 0 Å². The highest BCUT2D eigenvalue weighted by atomic mass is 16.5. The molecular weight excluding hydrogens is 448 g/mol. The van der Waals surface area contributed by atoms with Gasteiger partial charge in [0.2, 0.25) is 0 Å². The second kappa shape index (κ2) is 10.2. The van der Waals surface area contributed by atoms with Gasteiger partial charge < -0.3 is 10.1 Å². The molecule has 9 heteroatoms. The van der Waals surface area contributed by atoms with Crippen LogP contribution >= 0.6 is 0 Å². The molecule has 2 N–H and O–H groups in total. The number of esters is 1. The Morgan fingerprint density at radius 1 is 1.20 bits per heavy atom. The highest BCUT2D eigenvalue weighted by Crippen LogP contribution is 2.40. The highest BCUT2D eigenvalue weighted by Gasteiger charge is 2.30. The number of pyridine rings is 1. The Kier molecular flexibility index (Phi) is 7.14. The largest absolute Gasteiger partial charge is 0.463 e. The monoisotopic (exact) mass is 478 g/mol. The zero-order valence-corrected chi connectivity index (χ0v) is 20.2.